The van der Waals surface area contributed by atoms with Crippen molar-refractivity contribution in [1.29, 1.82) is 0 Å². The molecule has 3 nitrogen and oxygen atoms in total. The minimum absolute atomic E-state index is 0. The molecule has 0 amide bonds. The largest absolute Gasteiger partial charge is 0.469 e. The summed E-state index contributed by atoms with van der Waals surface area (Å²) in [5, 5.41) is 3.18. The molecule has 0 saturated carbocycles. The lowest BCUT2D eigenvalue weighted by Gasteiger charge is -2.26. The van der Waals surface area contributed by atoms with Crippen LogP contribution in [0.1, 0.15) is 13.3 Å². The van der Waals surface area contributed by atoms with E-state index in [1.807, 2.05) is 0 Å². The van der Waals surface area contributed by atoms with E-state index in [1.165, 1.54) is 7.11 Å². The van der Waals surface area contributed by atoms with Crippen molar-refractivity contribution in [2.75, 3.05) is 20.2 Å². The van der Waals surface area contributed by atoms with Crippen molar-refractivity contribution in [2.24, 2.45) is 11.8 Å². The summed E-state index contributed by atoms with van der Waals surface area (Å²) in [6, 6.07) is 0. The van der Waals surface area contributed by atoms with E-state index in [0.29, 0.717) is 5.92 Å². The highest BCUT2D eigenvalue weighted by Crippen LogP contribution is 2.18. The lowest BCUT2D eigenvalue weighted by Crippen LogP contribution is -2.40. The molecule has 0 aliphatic carbocycles. The monoisotopic (exact) mass is 193 g/mol. The first-order valence-electron chi connectivity index (χ1n) is 4.04. The van der Waals surface area contributed by atoms with Crippen LogP contribution in [0.3, 0.4) is 0 Å². The molecule has 0 aromatic rings. The Hall–Kier alpha value is -0.280. The van der Waals surface area contributed by atoms with Crippen LogP contribution in [-0.4, -0.2) is 26.2 Å². The molecule has 2 atom stereocenters. The molecule has 1 N–H and O–H groups in total. The van der Waals surface area contributed by atoms with Crippen LogP contribution in [0.4, 0.5) is 0 Å². The van der Waals surface area contributed by atoms with Gasteiger partial charge in [0.05, 0.1) is 13.0 Å². The van der Waals surface area contributed by atoms with Crippen LogP contribution < -0.4 is 5.32 Å². The Balaban J connectivity index is 0.00000121. The van der Waals surface area contributed by atoms with Crippen LogP contribution in [0.2, 0.25) is 0 Å². The van der Waals surface area contributed by atoms with Crippen molar-refractivity contribution < 1.29 is 9.53 Å². The fraction of sp³-hybridized carbons (Fsp3) is 0.875. The van der Waals surface area contributed by atoms with Gasteiger partial charge in [-0.1, -0.05) is 6.92 Å². The molecule has 1 aliphatic rings. The van der Waals surface area contributed by atoms with E-state index < -0.39 is 0 Å². The van der Waals surface area contributed by atoms with Gasteiger partial charge in [-0.05, 0) is 18.9 Å². The standard InChI is InChI=1S/C8H15NO2.ClH/c1-6-3-4-9-5-7(6)8(10)11-2;/h6-7,9H,3-5H2,1-2H3;1H. The SMILES string of the molecule is COC(=O)C1CNCCC1C.Cl. The number of rotatable bonds is 1. The van der Waals surface area contributed by atoms with Gasteiger partial charge in [-0.25, -0.2) is 0 Å². The second-order valence-corrected chi connectivity index (χ2v) is 3.10. The Morgan fingerprint density at radius 2 is 2.25 bits per heavy atom. The number of carbonyl (C=O) groups is 1. The minimum Gasteiger partial charge on any atom is -0.469 e. The van der Waals surface area contributed by atoms with E-state index in [4.69, 9.17) is 0 Å². The number of methoxy groups -OCH3 is 1. The second kappa shape index (κ2) is 5.38. The van der Waals surface area contributed by atoms with Gasteiger partial charge in [-0.15, -0.1) is 12.4 Å². The Bertz CT molecular complexity index is 152. The van der Waals surface area contributed by atoms with Crippen molar-refractivity contribution in [3.63, 3.8) is 0 Å². The summed E-state index contributed by atoms with van der Waals surface area (Å²) in [5.74, 6) is 0.446. The molecule has 12 heavy (non-hydrogen) atoms. The third-order valence-corrected chi connectivity index (χ3v) is 2.33. The lowest BCUT2D eigenvalue weighted by molar-refractivity contribution is -0.147. The predicted octanol–water partition coefficient (Wildman–Crippen LogP) is 0.827. The number of ether oxygens (including phenoxy) is 1. The number of esters is 1. The van der Waals surface area contributed by atoms with E-state index in [-0.39, 0.29) is 24.3 Å². The van der Waals surface area contributed by atoms with Crippen LogP contribution in [0, 0.1) is 11.8 Å². The maximum absolute atomic E-state index is 11.1. The fourth-order valence-electron chi connectivity index (χ4n) is 1.46. The number of halogens is 1. The smallest absolute Gasteiger partial charge is 0.310 e. The quantitative estimate of drug-likeness (QED) is 0.627. The number of piperidine rings is 1. The van der Waals surface area contributed by atoms with E-state index >= 15 is 0 Å². The molecule has 1 saturated heterocycles. The van der Waals surface area contributed by atoms with Gasteiger partial charge in [0, 0.05) is 6.54 Å². The number of nitrogens with one attached hydrogen (secondary N) is 1. The molecule has 2 unspecified atom stereocenters. The summed E-state index contributed by atoms with van der Waals surface area (Å²) in [6.45, 7) is 3.89. The molecule has 0 aromatic carbocycles. The maximum atomic E-state index is 11.1. The first-order valence-corrected chi connectivity index (χ1v) is 4.04. The third kappa shape index (κ3) is 2.64. The Morgan fingerprint density at radius 3 is 2.75 bits per heavy atom. The highest BCUT2D eigenvalue weighted by molar-refractivity contribution is 5.85. The van der Waals surface area contributed by atoms with Gasteiger partial charge in [-0.3, -0.25) is 4.79 Å². The Kier molecular flexibility index (Phi) is 5.25. The summed E-state index contributed by atoms with van der Waals surface area (Å²) in [4.78, 5) is 11.1. The normalized spacial score (nSPS) is 28.8. The zero-order valence-electron chi connectivity index (χ0n) is 7.50. The van der Waals surface area contributed by atoms with Crippen molar-refractivity contribution in [3.8, 4) is 0 Å². The van der Waals surface area contributed by atoms with Crippen LogP contribution in [0.5, 0.6) is 0 Å². The molecule has 1 rings (SSSR count). The van der Waals surface area contributed by atoms with Crippen LogP contribution in [0.15, 0.2) is 0 Å². The molecule has 4 heteroatoms. The van der Waals surface area contributed by atoms with Gasteiger partial charge < -0.3 is 10.1 Å². The zero-order valence-corrected chi connectivity index (χ0v) is 8.32. The summed E-state index contributed by atoms with van der Waals surface area (Å²) in [7, 11) is 1.45. The van der Waals surface area contributed by atoms with Gasteiger partial charge >= 0.3 is 5.97 Å². The summed E-state index contributed by atoms with van der Waals surface area (Å²) < 4.78 is 4.68. The van der Waals surface area contributed by atoms with E-state index in [0.717, 1.165) is 19.5 Å². The molecular formula is C8H16ClNO2. The number of hydrogen-bond acceptors (Lipinski definition) is 3. The summed E-state index contributed by atoms with van der Waals surface area (Å²) >= 11 is 0. The third-order valence-electron chi connectivity index (χ3n) is 2.33. The van der Waals surface area contributed by atoms with Crippen LogP contribution >= 0.6 is 12.4 Å². The molecule has 0 radical (unpaired) electrons. The van der Waals surface area contributed by atoms with Gasteiger partial charge in [0.25, 0.3) is 0 Å². The topological polar surface area (TPSA) is 38.3 Å². The minimum atomic E-state index is -0.0790. The molecule has 0 aromatic heterocycles. The average molecular weight is 194 g/mol. The molecule has 1 fully saturated rings. The van der Waals surface area contributed by atoms with E-state index in [9.17, 15) is 4.79 Å². The van der Waals surface area contributed by atoms with Gasteiger partial charge in [0.15, 0.2) is 0 Å². The first kappa shape index (κ1) is 11.7. The van der Waals surface area contributed by atoms with E-state index in [1.54, 1.807) is 0 Å². The Labute approximate surface area is 79.3 Å². The highest BCUT2D eigenvalue weighted by Gasteiger charge is 2.27. The first-order chi connectivity index (χ1) is 5.25. The zero-order chi connectivity index (χ0) is 8.27. The molecule has 1 heterocycles. The molecular weight excluding hydrogens is 178 g/mol. The predicted molar refractivity (Wildman–Crippen MR) is 49.4 cm³/mol. The summed E-state index contributed by atoms with van der Waals surface area (Å²) in [6.07, 6.45) is 1.07. The van der Waals surface area contributed by atoms with Crippen molar-refractivity contribution in [1.82, 2.24) is 5.32 Å². The van der Waals surface area contributed by atoms with Gasteiger partial charge in [0.2, 0.25) is 0 Å². The van der Waals surface area contributed by atoms with Gasteiger partial charge in [-0.2, -0.15) is 0 Å². The molecule has 1 aliphatic heterocycles. The van der Waals surface area contributed by atoms with Crippen LogP contribution in [0.25, 0.3) is 0 Å². The Morgan fingerprint density at radius 1 is 1.58 bits per heavy atom. The van der Waals surface area contributed by atoms with Crippen molar-refractivity contribution in [3.05, 3.63) is 0 Å². The second-order valence-electron chi connectivity index (χ2n) is 3.10. The molecule has 0 bridgehead atoms. The fourth-order valence-corrected chi connectivity index (χ4v) is 1.46. The maximum Gasteiger partial charge on any atom is 0.310 e. The van der Waals surface area contributed by atoms with Crippen LogP contribution in [-0.2, 0) is 9.53 Å². The molecule has 72 valence electrons. The average Bonchev–Trinajstić information content (AvgIpc) is 2.04. The van der Waals surface area contributed by atoms with Gasteiger partial charge in [0.1, 0.15) is 0 Å². The lowest BCUT2D eigenvalue weighted by atomic mass is 9.88. The number of carbonyl (C=O) groups excluding carboxylic acids is 1. The number of hydrogen-bond donors (Lipinski definition) is 1. The highest BCUT2D eigenvalue weighted by atomic mass is 35.5. The van der Waals surface area contributed by atoms with E-state index in [2.05, 4.69) is 17.0 Å². The van der Waals surface area contributed by atoms with Crippen molar-refractivity contribution in [2.45, 2.75) is 13.3 Å². The summed E-state index contributed by atoms with van der Waals surface area (Å²) in [5.41, 5.74) is 0. The molecule has 0 spiro atoms. The van der Waals surface area contributed by atoms with Crippen molar-refractivity contribution >= 4 is 18.4 Å².